The van der Waals surface area contributed by atoms with E-state index in [-0.39, 0.29) is 30.9 Å². The summed E-state index contributed by atoms with van der Waals surface area (Å²) in [5, 5.41) is 2.84. The van der Waals surface area contributed by atoms with E-state index in [1.54, 1.807) is 31.2 Å². The van der Waals surface area contributed by atoms with Crippen molar-refractivity contribution in [2.45, 2.75) is 32.9 Å². The highest BCUT2D eigenvalue weighted by Gasteiger charge is 2.36. The molecule has 2 atom stereocenters. The van der Waals surface area contributed by atoms with Gasteiger partial charge >= 0.3 is 0 Å². The lowest BCUT2D eigenvalue weighted by Crippen LogP contribution is -2.53. The average Bonchev–Trinajstić information content (AvgIpc) is 2.72. The largest absolute Gasteiger partial charge is 0.491 e. The average molecular weight is 419 g/mol. The number of hydrogen-bond acceptors (Lipinski definition) is 5. The van der Waals surface area contributed by atoms with Gasteiger partial charge in [0.05, 0.1) is 24.0 Å². The van der Waals surface area contributed by atoms with Gasteiger partial charge in [0.15, 0.2) is 6.10 Å². The molecule has 1 aliphatic heterocycles. The highest BCUT2D eigenvalue weighted by molar-refractivity contribution is 7.92. The van der Waals surface area contributed by atoms with Crippen LogP contribution in [0.25, 0.3) is 0 Å². The predicted molar refractivity (Wildman–Crippen MR) is 112 cm³/mol. The molecule has 1 heterocycles. The SMILES string of the molecule is CCS(=O)(=O)N1C[C@@H](C(=O)N[C@H](C)COc2ccc(C)cc2)Oc2ccccc21. The molecule has 0 aliphatic carbocycles. The summed E-state index contributed by atoms with van der Waals surface area (Å²) < 4.78 is 37.8. The first-order chi connectivity index (χ1) is 13.8. The standard InChI is InChI=1S/C21H26N2O5S/c1-4-29(25,26)23-13-20(28-19-8-6-5-7-18(19)23)21(24)22-16(3)14-27-17-11-9-15(2)10-12-17/h5-12,16,20H,4,13-14H2,1-3H3,(H,22,24)/t16-,20+/m1/s1. The van der Waals surface area contributed by atoms with Crippen LogP contribution in [0.4, 0.5) is 5.69 Å². The van der Waals surface area contributed by atoms with Gasteiger partial charge in [-0.1, -0.05) is 29.8 Å². The van der Waals surface area contributed by atoms with Gasteiger partial charge in [0, 0.05) is 0 Å². The summed E-state index contributed by atoms with van der Waals surface area (Å²) in [4.78, 5) is 12.7. The van der Waals surface area contributed by atoms with Gasteiger partial charge in [-0.05, 0) is 45.0 Å². The number of aryl methyl sites for hydroxylation is 1. The van der Waals surface area contributed by atoms with Crippen LogP contribution in [0.1, 0.15) is 19.4 Å². The van der Waals surface area contributed by atoms with Crippen molar-refractivity contribution in [1.29, 1.82) is 0 Å². The van der Waals surface area contributed by atoms with Gasteiger partial charge in [0.1, 0.15) is 18.1 Å². The molecule has 0 spiro atoms. The second-order valence-electron chi connectivity index (χ2n) is 7.04. The number of amides is 1. The molecule has 1 N–H and O–H groups in total. The lowest BCUT2D eigenvalue weighted by atomic mass is 10.2. The van der Waals surface area contributed by atoms with Gasteiger partial charge in [-0.15, -0.1) is 0 Å². The van der Waals surface area contributed by atoms with E-state index in [4.69, 9.17) is 9.47 Å². The first-order valence-electron chi connectivity index (χ1n) is 9.56. The summed E-state index contributed by atoms with van der Waals surface area (Å²) in [6.07, 6.45) is -0.937. The van der Waals surface area contributed by atoms with Crippen molar-refractivity contribution < 1.29 is 22.7 Å². The Bertz CT molecular complexity index is 959. The molecule has 1 amide bonds. The number of nitrogens with one attached hydrogen (secondary N) is 1. The molecular weight excluding hydrogens is 392 g/mol. The number of sulfonamides is 1. The van der Waals surface area contributed by atoms with Crippen molar-refractivity contribution in [3.8, 4) is 11.5 Å². The number of anilines is 1. The second-order valence-corrected chi connectivity index (χ2v) is 9.22. The van der Waals surface area contributed by atoms with Crippen molar-refractivity contribution >= 4 is 21.6 Å². The Kier molecular flexibility index (Phi) is 6.32. The lowest BCUT2D eigenvalue weighted by Gasteiger charge is -2.34. The van der Waals surface area contributed by atoms with Gasteiger partial charge in [0.25, 0.3) is 5.91 Å². The van der Waals surface area contributed by atoms with E-state index in [2.05, 4.69) is 5.32 Å². The monoisotopic (exact) mass is 418 g/mol. The van der Waals surface area contributed by atoms with Gasteiger partial charge in [0.2, 0.25) is 10.0 Å². The third kappa shape index (κ3) is 5.00. The van der Waals surface area contributed by atoms with Crippen LogP contribution in [0, 0.1) is 6.92 Å². The fourth-order valence-electron chi connectivity index (χ4n) is 2.99. The summed E-state index contributed by atoms with van der Waals surface area (Å²) in [5.41, 5.74) is 1.59. The Morgan fingerprint density at radius 1 is 1.24 bits per heavy atom. The van der Waals surface area contributed by atoms with Crippen LogP contribution in [0.3, 0.4) is 0 Å². The molecule has 0 saturated heterocycles. The molecule has 29 heavy (non-hydrogen) atoms. The molecule has 3 rings (SSSR count). The van der Waals surface area contributed by atoms with Crippen LogP contribution in [-0.4, -0.2) is 45.4 Å². The lowest BCUT2D eigenvalue weighted by molar-refractivity contribution is -0.128. The van der Waals surface area contributed by atoms with E-state index in [1.165, 1.54) is 4.31 Å². The summed E-state index contributed by atoms with van der Waals surface area (Å²) in [6.45, 7) is 5.62. The van der Waals surface area contributed by atoms with Crippen LogP contribution in [-0.2, 0) is 14.8 Å². The third-order valence-electron chi connectivity index (χ3n) is 4.64. The summed E-state index contributed by atoms with van der Waals surface area (Å²) in [5.74, 6) is 0.659. The van der Waals surface area contributed by atoms with Crippen LogP contribution >= 0.6 is 0 Å². The number of nitrogens with zero attached hydrogens (tertiary/aromatic N) is 1. The number of para-hydroxylation sites is 2. The van der Waals surface area contributed by atoms with Crippen molar-refractivity contribution in [3.05, 3.63) is 54.1 Å². The van der Waals surface area contributed by atoms with Gasteiger partial charge in [-0.3, -0.25) is 9.10 Å². The number of ether oxygens (including phenoxy) is 2. The minimum atomic E-state index is -3.53. The molecular formula is C21H26N2O5S. The van der Waals surface area contributed by atoms with Gasteiger partial charge in [-0.25, -0.2) is 8.42 Å². The van der Waals surface area contributed by atoms with Crippen molar-refractivity contribution in [2.75, 3.05) is 23.2 Å². The quantitative estimate of drug-likeness (QED) is 0.747. The molecule has 0 bridgehead atoms. The number of fused-ring (bicyclic) bond motifs is 1. The highest BCUT2D eigenvalue weighted by Crippen LogP contribution is 2.35. The van der Waals surface area contributed by atoms with Crippen molar-refractivity contribution in [1.82, 2.24) is 5.32 Å². The third-order valence-corrected chi connectivity index (χ3v) is 6.38. The number of rotatable bonds is 7. The van der Waals surface area contributed by atoms with E-state index in [1.807, 2.05) is 38.1 Å². The Morgan fingerprint density at radius 2 is 1.93 bits per heavy atom. The predicted octanol–water partition coefficient (Wildman–Crippen LogP) is 2.50. The minimum Gasteiger partial charge on any atom is -0.491 e. The summed E-state index contributed by atoms with van der Waals surface area (Å²) in [7, 11) is -3.53. The molecule has 0 unspecified atom stereocenters. The number of hydrogen-bond donors (Lipinski definition) is 1. The first kappa shape index (κ1) is 21.0. The molecule has 0 fully saturated rings. The maximum atomic E-state index is 12.7. The highest BCUT2D eigenvalue weighted by atomic mass is 32.2. The fourth-order valence-corrected chi connectivity index (χ4v) is 4.12. The summed E-state index contributed by atoms with van der Waals surface area (Å²) in [6, 6.07) is 14.2. The smallest absolute Gasteiger partial charge is 0.263 e. The Hall–Kier alpha value is -2.74. The molecule has 1 aliphatic rings. The Labute approximate surface area is 171 Å². The van der Waals surface area contributed by atoms with E-state index in [9.17, 15) is 13.2 Å². The minimum absolute atomic E-state index is 0.0591. The molecule has 2 aromatic carbocycles. The van der Waals surface area contributed by atoms with Crippen molar-refractivity contribution in [2.24, 2.45) is 0 Å². The zero-order valence-corrected chi connectivity index (χ0v) is 17.6. The Morgan fingerprint density at radius 3 is 2.62 bits per heavy atom. The zero-order valence-electron chi connectivity index (χ0n) is 16.8. The number of carbonyl (C=O) groups excluding carboxylic acids is 1. The molecule has 0 radical (unpaired) electrons. The van der Waals surface area contributed by atoms with Crippen LogP contribution in [0.5, 0.6) is 11.5 Å². The van der Waals surface area contributed by atoms with E-state index in [0.717, 1.165) is 11.3 Å². The molecule has 0 aromatic heterocycles. The van der Waals surface area contributed by atoms with Gasteiger partial charge in [-0.2, -0.15) is 0 Å². The molecule has 156 valence electrons. The van der Waals surface area contributed by atoms with Crippen LogP contribution < -0.4 is 19.1 Å². The number of carbonyl (C=O) groups is 1. The topological polar surface area (TPSA) is 84.9 Å². The molecule has 7 nitrogen and oxygen atoms in total. The van der Waals surface area contributed by atoms with Gasteiger partial charge < -0.3 is 14.8 Å². The first-order valence-corrected chi connectivity index (χ1v) is 11.2. The maximum Gasteiger partial charge on any atom is 0.263 e. The fraction of sp³-hybridized carbons (Fsp3) is 0.381. The van der Waals surface area contributed by atoms with E-state index in [0.29, 0.717) is 11.4 Å². The molecule has 2 aromatic rings. The number of benzene rings is 2. The van der Waals surface area contributed by atoms with E-state index < -0.39 is 16.1 Å². The van der Waals surface area contributed by atoms with Crippen LogP contribution in [0.2, 0.25) is 0 Å². The second kappa shape index (κ2) is 8.73. The maximum absolute atomic E-state index is 12.7. The van der Waals surface area contributed by atoms with E-state index >= 15 is 0 Å². The van der Waals surface area contributed by atoms with Crippen LogP contribution in [0.15, 0.2) is 48.5 Å². The molecule has 8 heteroatoms. The Balaban J connectivity index is 1.65. The normalized spacial score (nSPS) is 17.1. The summed E-state index contributed by atoms with van der Waals surface area (Å²) >= 11 is 0. The van der Waals surface area contributed by atoms with Crippen molar-refractivity contribution in [3.63, 3.8) is 0 Å². The molecule has 0 saturated carbocycles. The zero-order chi connectivity index (χ0) is 21.0.